The Kier molecular flexibility index (Phi) is 7.07. The third-order valence-electron chi connectivity index (χ3n) is 6.93. The number of carbonyl (C=O) groups is 1. The van der Waals surface area contributed by atoms with E-state index in [1.165, 1.54) is 11.8 Å². The number of Topliss-reactive ketones (excluding diaryl/α,β-unsaturated/α-hetero) is 1. The molecule has 2 aromatic heterocycles. The molecule has 0 amide bonds. The molecule has 1 fully saturated rings. The summed E-state index contributed by atoms with van der Waals surface area (Å²) in [6.07, 6.45) is 4.68. The maximum Gasteiger partial charge on any atom is 0.253 e. The van der Waals surface area contributed by atoms with Gasteiger partial charge >= 0.3 is 0 Å². The number of carbonyl (C=O) groups excluding carboxylic acids is 1. The number of aromatic amines is 1. The fourth-order valence-corrected chi connectivity index (χ4v) is 7.29. The van der Waals surface area contributed by atoms with Crippen LogP contribution in [0.5, 0.6) is 0 Å². The van der Waals surface area contributed by atoms with Crippen molar-refractivity contribution in [1.82, 2.24) is 14.3 Å². The van der Waals surface area contributed by atoms with Gasteiger partial charge in [-0.25, -0.2) is 13.1 Å². The highest BCUT2D eigenvalue weighted by atomic mass is 32.2. The molecule has 4 rings (SSSR count). The van der Waals surface area contributed by atoms with Crippen molar-refractivity contribution in [2.45, 2.75) is 68.8 Å². The van der Waals surface area contributed by atoms with E-state index in [9.17, 15) is 18.0 Å². The zero-order valence-electron chi connectivity index (χ0n) is 20.0. The van der Waals surface area contributed by atoms with Crippen LogP contribution >= 0.6 is 11.8 Å². The predicted octanol–water partition coefficient (Wildman–Crippen LogP) is 4.47. The Morgan fingerprint density at radius 2 is 1.85 bits per heavy atom. The standard InChI is InChI=1S/C25H31N3O4S2/c1-15-13-23(33-4)21(25(30)27-15)14-26-34(31,32)24-17(3)28(22-8-6-5-7-20(22)24)16(2)18-9-11-19(29)12-10-18/h5-8,13,16,18,26H,9-12,14H2,1-4H3,(H,27,30)/t16-/m1/s1. The second-order valence-corrected chi connectivity index (χ2v) is 11.6. The molecule has 0 bridgehead atoms. The van der Waals surface area contributed by atoms with E-state index >= 15 is 0 Å². The Morgan fingerprint density at radius 3 is 2.53 bits per heavy atom. The highest BCUT2D eigenvalue weighted by molar-refractivity contribution is 7.98. The summed E-state index contributed by atoms with van der Waals surface area (Å²) >= 11 is 1.42. The van der Waals surface area contributed by atoms with Crippen LogP contribution in [-0.4, -0.2) is 30.0 Å². The third kappa shape index (κ3) is 4.61. The molecule has 0 saturated heterocycles. The van der Waals surface area contributed by atoms with Gasteiger partial charge in [-0.1, -0.05) is 18.2 Å². The number of para-hydroxylation sites is 1. The predicted molar refractivity (Wildman–Crippen MR) is 136 cm³/mol. The third-order valence-corrected chi connectivity index (χ3v) is 9.31. The van der Waals surface area contributed by atoms with Gasteiger partial charge in [0.2, 0.25) is 10.0 Å². The molecule has 34 heavy (non-hydrogen) atoms. The van der Waals surface area contributed by atoms with Gasteiger partial charge in [0.15, 0.2) is 0 Å². The monoisotopic (exact) mass is 501 g/mol. The fraction of sp³-hybridized carbons (Fsp3) is 0.440. The molecule has 0 spiro atoms. The smallest absolute Gasteiger partial charge is 0.253 e. The number of aromatic nitrogens is 2. The Morgan fingerprint density at radius 1 is 1.18 bits per heavy atom. The van der Waals surface area contributed by atoms with Gasteiger partial charge in [0.25, 0.3) is 5.56 Å². The average Bonchev–Trinajstić information content (AvgIpc) is 3.10. The van der Waals surface area contributed by atoms with Crippen LogP contribution < -0.4 is 10.3 Å². The van der Waals surface area contributed by atoms with E-state index in [1.807, 2.05) is 43.5 Å². The summed E-state index contributed by atoms with van der Waals surface area (Å²) in [4.78, 5) is 28.0. The number of aryl methyl sites for hydroxylation is 1. The van der Waals surface area contributed by atoms with E-state index < -0.39 is 10.0 Å². The number of benzene rings is 1. The van der Waals surface area contributed by atoms with E-state index in [2.05, 4.69) is 21.2 Å². The zero-order chi connectivity index (χ0) is 24.6. The lowest BCUT2D eigenvalue weighted by molar-refractivity contribution is -0.121. The number of rotatable bonds is 7. The molecule has 1 aliphatic carbocycles. The molecule has 0 unspecified atom stereocenters. The molecule has 3 aromatic rings. The molecular weight excluding hydrogens is 470 g/mol. The summed E-state index contributed by atoms with van der Waals surface area (Å²) in [7, 11) is -3.91. The minimum atomic E-state index is -3.91. The summed E-state index contributed by atoms with van der Waals surface area (Å²) in [5, 5.41) is 0.661. The number of hydrogen-bond acceptors (Lipinski definition) is 5. The SMILES string of the molecule is CSc1cc(C)[nH]c(=O)c1CNS(=O)(=O)c1c(C)n([C@H](C)C2CCC(=O)CC2)c2ccccc12. The van der Waals surface area contributed by atoms with Gasteiger partial charge in [-0.3, -0.25) is 9.59 Å². The lowest BCUT2D eigenvalue weighted by atomic mass is 9.83. The first-order valence-electron chi connectivity index (χ1n) is 11.5. The van der Waals surface area contributed by atoms with Gasteiger partial charge in [-0.15, -0.1) is 11.8 Å². The summed E-state index contributed by atoms with van der Waals surface area (Å²) < 4.78 is 32.0. The number of H-pyrrole nitrogens is 1. The Labute approximate surface area is 204 Å². The van der Waals surface area contributed by atoms with Crippen molar-refractivity contribution in [1.29, 1.82) is 0 Å². The van der Waals surface area contributed by atoms with Crippen LogP contribution in [-0.2, 0) is 21.4 Å². The number of fused-ring (bicyclic) bond motifs is 1. The van der Waals surface area contributed by atoms with Crippen molar-refractivity contribution in [2.75, 3.05) is 6.26 Å². The number of hydrogen-bond donors (Lipinski definition) is 2. The number of pyridine rings is 1. The van der Waals surface area contributed by atoms with Crippen molar-refractivity contribution < 1.29 is 13.2 Å². The van der Waals surface area contributed by atoms with Gasteiger partial charge in [-0.05, 0) is 57.9 Å². The molecule has 0 radical (unpaired) electrons. The van der Waals surface area contributed by atoms with Crippen molar-refractivity contribution in [2.24, 2.45) is 5.92 Å². The first kappa shape index (κ1) is 24.8. The Hall–Kier alpha value is -2.36. The molecule has 2 heterocycles. The maximum atomic E-state index is 13.6. The first-order valence-corrected chi connectivity index (χ1v) is 14.2. The van der Waals surface area contributed by atoms with Crippen LogP contribution in [0.25, 0.3) is 10.9 Å². The second-order valence-electron chi connectivity index (χ2n) is 9.07. The van der Waals surface area contributed by atoms with E-state index in [1.54, 1.807) is 6.92 Å². The van der Waals surface area contributed by atoms with Crippen LogP contribution in [0.1, 0.15) is 55.6 Å². The number of nitrogens with zero attached hydrogens (tertiary/aromatic N) is 1. The molecule has 1 aliphatic rings. The minimum Gasteiger partial charge on any atom is -0.340 e. The largest absolute Gasteiger partial charge is 0.340 e. The number of sulfonamides is 1. The topological polar surface area (TPSA) is 101 Å². The molecule has 9 heteroatoms. The molecule has 0 aliphatic heterocycles. The summed E-state index contributed by atoms with van der Waals surface area (Å²) in [6, 6.07) is 9.44. The number of thioether (sulfide) groups is 1. The lowest BCUT2D eigenvalue weighted by Gasteiger charge is -2.30. The molecular formula is C25H31N3O4S2. The fourth-order valence-electron chi connectivity index (χ4n) is 5.16. The van der Waals surface area contributed by atoms with Gasteiger partial charge in [0, 0.05) is 58.2 Å². The van der Waals surface area contributed by atoms with Gasteiger partial charge < -0.3 is 9.55 Å². The molecule has 7 nitrogen and oxygen atoms in total. The van der Waals surface area contributed by atoms with Crippen LogP contribution in [0.3, 0.4) is 0 Å². The second kappa shape index (κ2) is 9.71. The lowest BCUT2D eigenvalue weighted by Crippen LogP contribution is -2.28. The van der Waals surface area contributed by atoms with Crippen LogP contribution in [0.15, 0.2) is 44.9 Å². The Bertz CT molecular complexity index is 1400. The van der Waals surface area contributed by atoms with Gasteiger partial charge in [0.05, 0.1) is 0 Å². The minimum absolute atomic E-state index is 0.0602. The van der Waals surface area contributed by atoms with Crippen LogP contribution in [0.4, 0.5) is 0 Å². The summed E-state index contributed by atoms with van der Waals surface area (Å²) in [5.41, 5.74) is 2.39. The van der Waals surface area contributed by atoms with Crippen molar-refractivity contribution >= 4 is 38.5 Å². The zero-order valence-corrected chi connectivity index (χ0v) is 21.6. The molecule has 182 valence electrons. The maximum absolute atomic E-state index is 13.6. The van der Waals surface area contributed by atoms with E-state index in [0.717, 1.165) is 28.9 Å². The number of ketones is 1. The summed E-state index contributed by atoms with van der Waals surface area (Å²) in [6.45, 7) is 5.66. The molecule has 1 atom stereocenters. The quantitative estimate of drug-likeness (QED) is 0.465. The number of nitrogens with one attached hydrogen (secondary N) is 2. The van der Waals surface area contributed by atoms with Gasteiger partial charge in [0.1, 0.15) is 10.7 Å². The highest BCUT2D eigenvalue weighted by Gasteiger charge is 2.31. The van der Waals surface area contributed by atoms with Crippen molar-refractivity contribution in [3.63, 3.8) is 0 Å². The van der Waals surface area contributed by atoms with Crippen LogP contribution in [0.2, 0.25) is 0 Å². The Balaban J connectivity index is 1.73. The van der Waals surface area contributed by atoms with E-state index in [4.69, 9.17) is 0 Å². The van der Waals surface area contributed by atoms with Crippen molar-refractivity contribution in [3.05, 3.63) is 57.6 Å². The molecule has 2 N–H and O–H groups in total. The normalized spacial score (nSPS) is 16.3. The van der Waals surface area contributed by atoms with E-state index in [-0.39, 0.29) is 23.0 Å². The van der Waals surface area contributed by atoms with Gasteiger partial charge in [-0.2, -0.15) is 0 Å². The molecule has 1 saturated carbocycles. The van der Waals surface area contributed by atoms with E-state index in [0.29, 0.717) is 41.2 Å². The first-order chi connectivity index (χ1) is 16.1. The average molecular weight is 502 g/mol. The van der Waals surface area contributed by atoms with Crippen LogP contribution in [0, 0.1) is 19.8 Å². The summed E-state index contributed by atoms with van der Waals surface area (Å²) in [5.74, 6) is 0.617. The van der Waals surface area contributed by atoms with Crippen molar-refractivity contribution in [3.8, 4) is 0 Å². The highest BCUT2D eigenvalue weighted by Crippen LogP contribution is 2.38. The molecule has 1 aromatic carbocycles.